The molecule has 0 bridgehead atoms. The minimum Gasteiger partial charge on any atom is -0.302 e. The first-order valence-corrected chi connectivity index (χ1v) is 10.9. The molecule has 0 unspecified atom stereocenters. The fourth-order valence-corrected chi connectivity index (χ4v) is 5.67. The summed E-state index contributed by atoms with van der Waals surface area (Å²) in [5.74, 6) is 0.0973. The van der Waals surface area contributed by atoms with Crippen LogP contribution in [-0.2, 0) is 10.0 Å². The molecule has 0 atom stereocenters. The zero-order chi connectivity index (χ0) is 17.9. The van der Waals surface area contributed by atoms with Crippen LogP contribution in [0.15, 0.2) is 23.1 Å². The fraction of sp³-hybridized carbons (Fsp3) is 0.684. The van der Waals surface area contributed by atoms with Crippen molar-refractivity contribution in [3.63, 3.8) is 0 Å². The van der Waals surface area contributed by atoms with Crippen LogP contribution in [0.5, 0.6) is 0 Å². The lowest BCUT2D eigenvalue weighted by Gasteiger charge is -2.28. The van der Waals surface area contributed by atoms with Crippen molar-refractivity contribution in [3.05, 3.63) is 29.6 Å². The Morgan fingerprint density at radius 1 is 1.04 bits per heavy atom. The molecule has 0 amide bonds. The predicted molar refractivity (Wildman–Crippen MR) is 97.5 cm³/mol. The van der Waals surface area contributed by atoms with E-state index in [0.29, 0.717) is 13.1 Å². The molecule has 25 heavy (non-hydrogen) atoms. The average molecular weight is 369 g/mol. The van der Waals surface area contributed by atoms with Gasteiger partial charge in [-0.15, -0.1) is 0 Å². The van der Waals surface area contributed by atoms with Gasteiger partial charge in [-0.2, -0.15) is 4.31 Å². The van der Waals surface area contributed by atoms with Gasteiger partial charge in [0.25, 0.3) is 0 Å². The number of hydrogen-bond donors (Lipinski definition) is 0. The van der Waals surface area contributed by atoms with Crippen molar-refractivity contribution < 1.29 is 12.8 Å². The number of halogens is 1. The van der Waals surface area contributed by atoms with Gasteiger partial charge in [-0.05, 0) is 56.3 Å². The van der Waals surface area contributed by atoms with Gasteiger partial charge in [-0.25, -0.2) is 12.8 Å². The maximum atomic E-state index is 14.1. The van der Waals surface area contributed by atoms with E-state index in [1.165, 1.54) is 48.5 Å². The summed E-state index contributed by atoms with van der Waals surface area (Å²) in [6.45, 7) is 5.45. The van der Waals surface area contributed by atoms with Crippen molar-refractivity contribution in [2.75, 3.05) is 32.7 Å². The van der Waals surface area contributed by atoms with Crippen LogP contribution in [0.4, 0.5) is 4.39 Å². The second-order valence-corrected chi connectivity index (χ2v) is 9.40. The molecule has 1 heterocycles. The second-order valence-electron chi connectivity index (χ2n) is 7.50. The van der Waals surface area contributed by atoms with Gasteiger partial charge in [-0.1, -0.05) is 25.3 Å². The number of rotatable bonds is 4. The lowest BCUT2D eigenvalue weighted by atomic mass is 9.89. The van der Waals surface area contributed by atoms with Gasteiger partial charge in [0.15, 0.2) is 0 Å². The molecule has 2 aliphatic rings. The molecule has 1 aliphatic carbocycles. The molecule has 1 aliphatic heterocycles. The Morgan fingerprint density at radius 3 is 2.56 bits per heavy atom. The summed E-state index contributed by atoms with van der Waals surface area (Å²) in [6, 6.07) is 4.29. The molecule has 0 spiro atoms. The summed E-state index contributed by atoms with van der Waals surface area (Å²) in [5.41, 5.74) is 0.758. The van der Waals surface area contributed by atoms with Crippen LogP contribution in [0.25, 0.3) is 0 Å². The Morgan fingerprint density at radius 2 is 1.80 bits per heavy atom. The van der Waals surface area contributed by atoms with Crippen molar-refractivity contribution in [1.82, 2.24) is 9.21 Å². The molecular weight excluding hydrogens is 339 g/mol. The van der Waals surface area contributed by atoms with E-state index in [1.807, 2.05) is 0 Å². The molecule has 3 rings (SSSR count). The lowest BCUT2D eigenvalue weighted by Crippen LogP contribution is -2.37. The largest absolute Gasteiger partial charge is 0.302 e. The van der Waals surface area contributed by atoms with Crippen LogP contribution in [0, 0.1) is 18.7 Å². The Labute approximate surface area is 151 Å². The molecule has 6 heteroatoms. The van der Waals surface area contributed by atoms with Crippen LogP contribution < -0.4 is 0 Å². The van der Waals surface area contributed by atoms with Gasteiger partial charge >= 0.3 is 0 Å². The second kappa shape index (κ2) is 8.14. The van der Waals surface area contributed by atoms with Gasteiger partial charge in [0.1, 0.15) is 10.7 Å². The lowest BCUT2D eigenvalue weighted by molar-refractivity contribution is 0.208. The smallest absolute Gasteiger partial charge is 0.246 e. The van der Waals surface area contributed by atoms with Gasteiger partial charge in [0.2, 0.25) is 10.0 Å². The maximum Gasteiger partial charge on any atom is 0.246 e. The van der Waals surface area contributed by atoms with Crippen LogP contribution in [-0.4, -0.2) is 50.3 Å². The first-order chi connectivity index (χ1) is 12.0. The zero-order valence-corrected chi connectivity index (χ0v) is 15.9. The molecule has 0 aromatic heterocycles. The molecule has 140 valence electrons. The highest BCUT2D eigenvalue weighted by molar-refractivity contribution is 7.89. The topological polar surface area (TPSA) is 40.6 Å². The molecular formula is C19H29FN2O2S. The van der Waals surface area contributed by atoms with E-state index in [-0.39, 0.29) is 4.90 Å². The molecule has 1 aromatic carbocycles. The van der Waals surface area contributed by atoms with E-state index in [1.54, 1.807) is 13.0 Å². The summed E-state index contributed by atoms with van der Waals surface area (Å²) < 4.78 is 41.3. The van der Waals surface area contributed by atoms with Gasteiger partial charge in [-0.3, -0.25) is 0 Å². The van der Waals surface area contributed by atoms with E-state index < -0.39 is 15.8 Å². The van der Waals surface area contributed by atoms with Gasteiger partial charge in [0.05, 0.1) is 0 Å². The van der Waals surface area contributed by atoms with Crippen LogP contribution in [0.2, 0.25) is 0 Å². The van der Waals surface area contributed by atoms with E-state index in [4.69, 9.17) is 0 Å². The Hall–Kier alpha value is -0.980. The van der Waals surface area contributed by atoms with E-state index in [2.05, 4.69) is 4.90 Å². The molecule has 0 radical (unpaired) electrons. The van der Waals surface area contributed by atoms with Gasteiger partial charge < -0.3 is 4.90 Å². The minimum absolute atomic E-state index is 0.187. The highest BCUT2D eigenvalue weighted by Gasteiger charge is 2.30. The quantitative estimate of drug-likeness (QED) is 0.818. The highest BCUT2D eigenvalue weighted by Crippen LogP contribution is 2.26. The SMILES string of the molecule is Cc1ccc(F)c(S(=O)(=O)N2CCCN(CC3CCCCC3)CC2)c1. The zero-order valence-electron chi connectivity index (χ0n) is 15.1. The summed E-state index contributed by atoms with van der Waals surface area (Å²) in [5, 5.41) is 0. The van der Waals surface area contributed by atoms with Crippen molar-refractivity contribution >= 4 is 10.0 Å². The first-order valence-electron chi connectivity index (χ1n) is 9.45. The van der Waals surface area contributed by atoms with Gasteiger partial charge in [0, 0.05) is 26.2 Å². The van der Waals surface area contributed by atoms with Crippen molar-refractivity contribution in [1.29, 1.82) is 0 Å². The number of benzene rings is 1. The van der Waals surface area contributed by atoms with Crippen LogP contribution in [0.3, 0.4) is 0 Å². The summed E-state index contributed by atoms with van der Waals surface area (Å²) >= 11 is 0. The predicted octanol–water partition coefficient (Wildman–Crippen LogP) is 3.41. The molecule has 4 nitrogen and oxygen atoms in total. The highest BCUT2D eigenvalue weighted by atomic mass is 32.2. The number of aryl methyl sites for hydroxylation is 1. The summed E-state index contributed by atoms with van der Waals surface area (Å²) in [4.78, 5) is 2.21. The Kier molecular flexibility index (Phi) is 6.12. The van der Waals surface area contributed by atoms with E-state index in [0.717, 1.165) is 37.5 Å². The van der Waals surface area contributed by atoms with E-state index in [9.17, 15) is 12.8 Å². The third kappa shape index (κ3) is 4.60. The monoisotopic (exact) mass is 368 g/mol. The standard InChI is InChI=1S/C19H29FN2O2S/c1-16-8-9-18(20)19(14-16)25(23,24)22-11-5-10-21(12-13-22)15-17-6-3-2-4-7-17/h8-9,14,17H,2-7,10-13,15H2,1H3. The number of hydrogen-bond acceptors (Lipinski definition) is 3. The van der Waals surface area contributed by atoms with Crippen molar-refractivity contribution in [2.45, 2.75) is 50.3 Å². The normalized spacial score (nSPS) is 22.0. The molecule has 1 aromatic rings. The van der Waals surface area contributed by atoms with Crippen molar-refractivity contribution in [2.24, 2.45) is 5.92 Å². The number of nitrogens with zero attached hydrogens (tertiary/aromatic N) is 2. The maximum absolute atomic E-state index is 14.1. The van der Waals surface area contributed by atoms with Crippen LogP contribution in [0.1, 0.15) is 44.1 Å². The molecule has 1 saturated carbocycles. The van der Waals surface area contributed by atoms with Crippen LogP contribution >= 0.6 is 0 Å². The average Bonchev–Trinajstić information content (AvgIpc) is 2.84. The Balaban J connectivity index is 1.66. The third-order valence-electron chi connectivity index (χ3n) is 5.49. The summed E-state index contributed by atoms with van der Waals surface area (Å²) in [6.07, 6.45) is 7.40. The molecule has 0 N–H and O–H groups in total. The fourth-order valence-electron chi connectivity index (χ4n) is 4.05. The summed E-state index contributed by atoms with van der Waals surface area (Å²) in [7, 11) is -3.76. The molecule has 2 fully saturated rings. The van der Waals surface area contributed by atoms with Crippen molar-refractivity contribution in [3.8, 4) is 0 Å². The first kappa shape index (κ1) is 18.8. The third-order valence-corrected chi connectivity index (χ3v) is 7.41. The van der Waals surface area contributed by atoms with E-state index >= 15 is 0 Å². The molecule has 1 saturated heterocycles. The number of sulfonamides is 1. The minimum atomic E-state index is -3.76. The Bertz CT molecular complexity index is 687.